The van der Waals surface area contributed by atoms with Gasteiger partial charge >= 0.3 is 0 Å². The van der Waals surface area contributed by atoms with Crippen LogP contribution in [0.4, 0.5) is 10.3 Å². The summed E-state index contributed by atoms with van der Waals surface area (Å²) in [7, 11) is 0. The topological polar surface area (TPSA) is 54.7 Å². The van der Waals surface area contributed by atoms with E-state index in [4.69, 9.17) is 17.3 Å². The van der Waals surface area contributed by atoms with Crippen LogP contribution in [0.2, 0.25) is 5.02 Å². The lowest BCUT2D eigenvalue weighted by molar-refractivity contribution is 0.637. The Balaban J connectivity index is 2.88. The molecule has 0 atom stereocenters. The van der Waals surface area contributed by atoms with Gasteiger partial charge in [0, 0.05) is 5.02 Å². The molecule has 5 heteroatoms. The summed E-state index contributed by atoms with van der Waals surface area (Å²) < 4.78 is 13.0. The fourth-order valence-electron chi connectivity index (χ4n) is 1.06. The fourth-order valence-corrected chi connectivity index (χ4v) is 1.27. The van der Waals surface area contributed by atoms with Crippen molar-refractivity contribution in [1.82, 2.24) is 9.97 Å². The van der Waals surface area contributed by atoms with Gasteiger partial charge in [0.2, 0.25) is 0 Å². The van der Waals surface area contributed by atoms with Gasteiger partial charge in [-0.05, 0) is 12.1 Å². The second-order valence-corrected chi connectivity index (χ2v) is 2.84. The largest absolute Gasteiger partial charge is 0.369 e. The molecular formula is C7H5ClFN3. The minimum atomic E-state index is -0.467. The summed E-state index contributed by atoms with van der Waals surface area (Å²) in [5, 5.41) is 0.323. The summed E-state index contributed by atoms with van der Waals surface area (Å²) in [5.74, 6) is -0.281. The number of aromatic nitrogens is 2. The highest BCUT2D eigenvalue weighted by Crippen LogP contribution is 2.21. The number of nitrogens with two attached hydrogens (primary N) is 1. The van der Waals surface area contributed by atoms with Gasteiger partial charge in [0.1, 0.15) is 5.52 Å². The predicted molar refractivity (Wildman–Crippen MR) is 45.5 cm³/mol. The van der Waals surface area contributed by atoms with Crippen molar-refractivity contribution in [3.8, 4) is 0 Å². The van der Waals surface area contributed by atoms with Crippen LogP contribution in [0.3, 0.4) is 0 Å². The number of aromatic amines is 1. The van der Waals surface area contributed by atoms with Crippen LogP contribution < -0.4 is 5.73 Å². The summed E-state index contributed by atoms with van der Waals surface area (Å²) in [6.45, 7) is 0. The van der Waals surface area contributed by atoms with E-state index < -0.39 is 5.82 Å². The van der Waals surface area contributed by atoms with Crippen LogP contribution in [0, 0.1) is 5.82 Å². The standard InChI is InChI=1S/C7H5ClFN3/c8-3-1-4(9)6-5(2-3)11-7(10)12-6/h1-2H,(H3,10,11,12). The molecule has 12 heavy (non-hydrogen) atoms. The monoisotopic (exact) mass is 185 g/mol. The second-order valence-electron chi connectivity index (χ2n) is 2.41. The molecule has 2 rings (SSSR count). The molecule has 0 unspecified atom stereocenters. The van der Waals surface area contributed by atoms with Gasteiger partial charge in [-0.1, -0.05) is 11.6 Å². The van der Waals surface area contributed by atoms with Crippen molar-refractivity contribution >= 4 is 28.6 Å². The fraction of sp³-hybridized carbons (Fsp3) is 0. The van der Waals surface area contributed by atoms with Gasteiger partial charge in [0.25, 0.3) is 0 Å². The first-order valence-electron chi connectivity index (χ1n) is 3.27. The molecule has 0 radical (unpaired) electrons. The number of rotatable bonds is 0. The van der Waals surface area contributed by atoms with Crippen LogP contribution >= 0.6 is 11.6 Å². The van der Waals surface area contributed by atoms with E-state index in [-0.39, 0.29) is 11.5 Å². The zero-order chi connectivity index (χ0) is 8.72. The highest BCUT2D eigenvalue weighted by molar-refractivity contribution is 6.31. The normalized spacial score (nSPS) is 10.8. The molecule has 0 aliphatic heterocycles. The number of nitrogens with zero attached hydrogens (tertiary/aromatic N) is 1. The van der Waals surface area contributed by atoms with Gasteiger partial charge in [-0.15, -0.1) is 0 Å². The van der Waals surface area contributed by atoms with Crippen molar-refractivity contribution < 1.29 is 4.39 Å². The Morgan fingerprint density at radius 1 is 1.50 bits per heavy atom. The molecule has 0 aliphatic carbocycles. The number of halogens is 2. The molecule has 3 nitrogen and oxygen atoms in total. The molecular weight excluding hydrogens is 181 g/mol. The number of anilines is 1. The first-order valence-corrected chi connectivity index (χ1v) is 3.65. The van der Waals surface area contributed by atoms with Gasteiger partial charge in [0.05, 0.1) is 5.52 Å². The number of hydrogen-bond acceptors (Lipinski definition) is 2. The molecule has 1 aromatic heterocycles. The molecule has 1 aromatic carbocycles. The summed E-state index contributed by atoms with van der Waals surface area (Å²) in [4.78, 5) is 6.42. The summed E-state index contributed by atoms with van der Waals surface area (Å²) >= 11 is 5.60. The Labute approximate surface area is 72.4 Å². The number of benzene rings is 1. The lowest BCUT2D eigenvalue weighted by Crippen LogP contribution is -1.84. The van der Waals surface area contributed by atoms with E-state index in [0.717, 1.165) is 0 Å². The molecule has 0 bridgehead atoms. The summed E-state index contributed by atoms with van der Waals surface area (Å²) in [6.07, 6.45) is 0. The molecule has 0 fully saturated rings. The van der Waals surface area contributed by atoms with Crippen molar-refractivity contribution in [1.29, 1.82) is 0 Å². The Kier molecular flexibility index (Phi) is 1.44. The number of fused-ring (bicyclic) bond motifs is 1. The Morgan fingerprint density at radius 3 is 3.00 bits per heavy atom. The lowest BCUT2D eigenvalue weighted by Gasteiger charge is -1.91. The van der Waals surface area contributed by atoms with Crippen molar-refractivity contribution in [2.45, 2.75) is 0 Å². The highest BCUT2D eigenvalue weighted by Gasteiger charge is 2.06. The maximum atomic E-state index is 13.0. The molecule has 0 saturated carbocycles. The molecule has 0 saturated heterocycles. The highest BCUT2D eigenvalue weighted by atomic mass is 35.5. The number of nitrogens with one attached hydrogen (secondary N) is 1. The molecule has 2 aromatic rings. The third-order valence-corrected chi connectivity index (χ3v) is 1.74. The van der Waals surface area contributed by atoms with E-state index in [1.165, 1.54) is 6.07 Å². The maximum Gasteiger partial charge on any atom is 0.198 e. The minimum Gasteiger partial charge on any atom is -0.369 e. The Morgan fingerprint density at radius 2 is 2.25 bits per heavy atom. The van der Waals surface area contributed by atoms with Gasteiger partial charge in [-0.2, -0.15) is 0 Å². The third kappa shape index (κ3) is 1.00. The number of imidazole rings is 1. The third-order valence-electron chi connectivity index (χ3n) is 1.52. The molecule has 3 N–H and O–H groups in total. The van der Waals surface area contributed by atoms with E-state index in [1.54, 1.807) is 6.07 Å². The first kappa shape index (κ1) is 7.36. The van der Waals surface area contributed by atoms with Crippen molar-refractivity contribution in [3.63, 3.8) is 0 Å². The van der Waals surface area contributed by atoms with Crippen LogP contribution in [-0.4, -0.2) is 9.97 Å². The lowest BCUT2D eigenvalue weighted by atomic mass is 10.3. The quantitative estimate of drug-likeness (QED) is 0.659. The first-order chi connectivity index (χ1) is 5.66. The summed E-state index contributed by atoms with van der Waals surface area (Å²) in [5.41, 5.74) is 6.06. The molecule has 0 aliphatic rings. The summed E-state index contributed by atoms with van der Waals surface area (Å²) in [6, 6.07) is 2.77. The van der Waals surface area contributed by atoms with Gasteiger partial charge in [-0.25, -0.2) is 9.37 Å². The maximum absolute atomic E-state index is 13.0. The average Bonchev–Trinajstić information content (AvgIpc) is 2.29. The number of H-pyrrole nitrogens is 1. The van der Waals surface area contributed by atoms with Gasteiger partial charge in [0.15, 0.2) is 11.8 Å². The molecule has 1 heterocycles. The van der Waals surface area contributed by atoms with E-state index in [1.807, 2.05) is 0 Å². The van der Waals surface area contributed by atoms with Crippen LogP contribution in [-0.2, 0) is 0 Å². The van der Waals surface area contributed by atoms with Crippen molar-refractivity contribution in [2.75, 3.05) is 5.73 Å². The molecule has 62 valence electrons. The van der Waals surface area contributed by atoms with Crippen molar-refractivity contribution in [2.24, 2.45) is 0 Å². The number of nitrogen functional groups attached to an aromatic ring is 1. The zero-order valence-corrected chi connectivity index (χ0v) is 6.69. The average molecular weight is 186 g/mol. The zero-order valence-electron chi connectivity index (χ0n) is 5.94. The predicted octanol–water partition coefficient (Wildman–Crippen LogP) is 1.94. The van der Waals surface area contributed by atoms with Crippen molar-refractivity contribution in [3.05, 3.63) is 23.0 Å². The van der Waals surface area contributed by atoms with E-state index in [0.29, 0.717) is 10.5 Å². The Bertz CT molecular complexity index is 437. The molecule has 0 amide bonds. The Hall–Kier alpha value is -1.29. The minimum absolute atomic E-state index is 0.186. The van der Waals surface area contributed by atoms with Crippen LogP contribution in [0.5, 0.6) is 0 Å². The molecule has 0 spiro atoms. The SMILES string of the molecule is Nc1nc2c(F)cc(Cl)cc2[nH]1. The van der Waals surface area contributed by atoms with Crippen LogP contribution in [0.1, 0.15) is 0 Å². The van der Waals surface area contributed by atoms with Crippen LogP contribution in [0.15, 0.2) is 12.1 Å². The smallest absolute Gasteiger partial charge is 0.198 e. The van der Waals surface area contributed by atoms with Gasteiger partial charge < -0.3 is 10.7 Å². The van der Waals surface area contributed by atoms with Gasteiger partial charge in [-0.3, -0.25) is 0 Å². The second kappa shape index (κ2) is 2.35. The van der Waals surface area contributed by atoms with E-state index >= 15 is 0 Å². The van der Waals surface area contributed by atoms with Crippen LogP contribution in [0.25, 0.3) is 11.0 Å². The van der Waals surface area contributed by atoms with E-state index in [9.17, 15) is 4.39 Å². The number of hydrogen-bond donors (Lipinski definition) is 2. The van der Waals surface area contributed by atoms with E-state index in [2.05, 4.69) is 9.97 Å².